The van der Waals surface area contributed by atoms with E-state index in [1.807, 2.05) is 23.6 Å². The van der Waals surface area contributed by atoms with Crippen molar-refractivity contribution in [3.8, 4) is 0 Å². The molecule has 1 aliphatic rings. The van der Waals surface area contributed by atoms with Crippen LogP contribution in [0, 0.1) is 9.52 Å². The van der Waals surface area contributed by atoms with Crippen LogP contribution in [0.3, 0.4) is 0 Å². The molecule has 0 bridgehead atoms. The fourth-order valence-corrected chi connectivity index (χ4v) is 4.82. The largest absolute Gasteiger partial charge is 0.399 e. The zero-order chi connectivity index (χ0) is 20.2. The Labute approximate surface area is 184 Å². The SMILES string of the molecule is C[C@@]1(Cc2ccc(N)cc2)C(=O)N(c2cc(Cl)c(F)c(Cl)c2)c2ncc(I)n21. The maximum Gasteiger partial charge on any atom is 0.260 e. The Morgan fingerprint density at radius 3 is 2.43 bits per heavy atom. The summed E-state index contributed by atoms with van der Waals surface area (Å²) < 4.78 is 16.5. The van der Waals surface area contributed by atoms with E-state index in [2.05, 4.69) is 27.6 Å². The summed E-state index contributed by atoms with van der Waals surface area (Å²) in [4.78, 5) is 19.4. The van der Waals surface area contributed by atoms with Crippen molar-refractivity contribution in [2.45, 2.75) is 18.9 Å². The van der Waals surface area contributed by atoms with E-state index < -0.39 is 11.4 Å². The van der Waals surface area contributed by atoms with Gasteiger partial charge in [-0.15, -0.1) is 0 Å². The van der Waals surface area contributed by atoms with E-state index in [-0.39, 0.29) is 16.0 Å². The summed E-state index contributed by atoms with van der Waals surface area (Å²) in [5, 5.41) is -0.314. The number of halogens is 4. The normalized spacial score (nSPS) is 18.6. The number of carbonyl (C=O) groups is 1. The zero-order valence-corrected chi connectivity index (χ0v) is 18.3. The molecule has 28 heavy (non-hydrogen) atoms. The Kier molecular flexibility index (Phi) is 4.79. The number of hydrogen-bond acceptors (Lipinski definition) is 3. The van der Waals surface area contributed by atoms with E-state index in [0.29, 0.717) is 23.7 Å². The highest BCUT2D eigenvalue weighted by Gasteiger charge is 2.50. The monoisotopic (exact) mass is 530 g/mol. The van der Waals surface area contributed by atoms with E-state index in [1.165, 1.54) is 17.0 Å². The van der Waals surface area contributed by atoms with Crippen LogP contribution in [0.5, 0.6) is 0 Å². The first-order valence-electron chi connectivity index (χ1n) is 8.29. The molecule has 2 aromatic carbocycles. The smallest absolute Gasteiger partial charge is 0.260 e. The third-order valence-corrected chi connectivity index (χ3v) is 6.12. The molecule has 0 spiro atoms. The van der Waals surface area contributed by atoms with Crippen molar-refractivity contribution in [3.63, 3.8) is 0 Å². The molecular weight excluding hydrogens is 517 g/mol. The molecule has 5 nitrogen and oxygen atoms in total. The van der Waals surface area contributed by atoms with Crippen LogP contribution in [-0.4, -0.2) is 15.5 Å². The van der Waals surface area contributed by atoms with Crippen LogP contribution in [0.15, 0.2) is 42.6 Å². The van der Waals surface area contributed by atoms with Crippen molar-refractivity contribution >= 4 is 69.0 Å². The lowest BCUT2D eigenvalue weighted by atomic mass is 9.92. The van der Waals surface area contributed by atoms with Gasteiger partial charge in [-0.1, -0.05) is 35.3 Å². The second kappa shape index (κ2) is 6.89. The number of aromatic nitrogens is 2. The van der Waals surface area contributed by atoms with Gasteiger partial charge in [0.05, 0.1) is 21.9 Å². The van der Waals surface area contributed by atoms with Crippen molar-refractivity contribution in [1.82, 2.24) is 9.55 Å². The summed E-state index contributed by atoms with van der Waals surface area (Å²) >= 11 is 14.1. The number of nitrogens with two attached hydrogens (primary N) is 1. The van der Waals surface area contributed by atoms with E-state index in [4.69, 9.17) is 28.9 Å². The molecule has 1 atom stereocenters. The second-order valence-electron chi connectivity index (χ2n) is 6.77. The fourth-order valence-electron chi connectivity index (χ4n) is 3.46. The van der Waals surface area contributed by atoms with Crippen molar-refractivity contribution in [2.24, 2.45) is 0 Å². The van der Waals surface area contributed by atoms with Crippen LogP contribution in [-0.2, 0) is 16.8 Å². The van der Waals surface area contributed by atoms with E-state index >= 15 is 0 Å². The first-order valence-corrected chi connectivity index (χ1v) is 10.1. The first-order chi connectivity index (χ1) is 13.2. The fraction of sp³-hybridized carbons (Fsp3) is 0.158. The van der Waals surface area contributed by atoms with Crippen molar-refractivity contribution < 1.29 is 9.18 Å². The molecule has 0 unspecified atom stereocenters. The van der Waals surface area contributed by atoms with Crippen molar-refractivity contribution in [2.75, 3.05) is 10.6 Å². The third kappa shape index (κ3) is 2.96. The summed E-state index contributed by atoms with van der Waals surface area (Å²) in [5.41, 5.74) is 6.82. The predicted octanol–water partition coefficient (Wildman–Crippen LogP) is 5.15. The van der Waals surface area contributed by atoms with Crippen LogP contribution in [0.25, 0.3) is 0 Å². The maximum atomic E-state index is 13.9. The Hall–Kier alpha value is -1.84. The van der Waals surface area contributed by atoms with Crippen LogP contribution in [0.1, 0.15) is 12.5 Å². The number of benzene rings is 2. The van der Waals surface area contributed by atoms with Gasteiger partial charge in [-0.2, -0.15) is 0 Å². The Morgan fingerprint density at radius 2 is 1.82 bits per heavy atom. The summed E-state index contributed by atoms with van der Waals surface area (Å²) in [6.45, 7) is 1.85. The highest BCUT2D eigenvalue weighted by Crippen LogP contribution is 2.44. The number of nitrogen functional groups attached to an aromatic ring is 1. The minimum absolute atomic E-state index is 0.157. The minimum Gasteiger partial charge on any atom is -0.399 e. The molecule has 2 heterocycles. The van der Waals surface area contributed by atoms with Gasteiger partial charge < -0.3 is 5.73 Å². The number of hydrogen-bond donors (Lipinski definition) is 1. The second-order valence-corrected chi connectivity index (χ2v) is 8.69. The van der Waals surface area contributed by atoms with Gasteiger partial charge in [0.15, 0.2) is 5.82 Å². The topological polar surface area (TPSA) is 64.2 Å². The molecule has 0 saturated heterocycles. The molecule has 1 aromatic heterocycles. The summed E-state index contributed by atoms with van der Waals surface area (Å²) in [7, 11) is 0. The quantitative estimate of drug-likeness (QED) is 0.289. The Bertz CT molecular complexity index is 1080. The zero-order valence-electron chi connectivity index (χ0n) is 14.6. The van der Waals surface area contributed by atoms with Gasteiger partial charge in [0.2, 0.25) is 5.95 Å². The lowest BCUT2D eigenvalue weighted by Crippen LogP contribution is -2.41. The molecule has 144 valence electrons. The summed E-state index contributed by atoms with van der Waals surface area (Å²) in [6, 6.07) is 10.1. The summed E-state index contributed by atoms with van der Waals surface area (Å²) in [6.07, 6.45) is 2.12. The number of imidazole rings is 1. The van der Waals surface area contributed by atoms with Gasteiger partial charge in [0, 0.05) is 12.1 Å². The number of anilines is 3. The Balaban J connectivity index is 1.84. The number of carbonyl (C=O) groups excluding carboxylic acids is 1. The molecule has 1 amide bonds. The molecule has 4 rings (SSSR count). The minimum atomic E-state index is -0.925. The van der Waals surface area contributed by atoms with E-state index in [0.717, 1.165) is 9.26 Å². The highest BCUT2D eigenvalue weighted by molar-refractivity contribution is 14.1. The van der Waals surface area contributed by atoms with Gasteiger partial charge in [-0.25, -0.2) is 14.3 Å². The average Bonchev–Trinajstić information content (AvgIpc) is 3.12. The molecule has 0 fully saturated rings. The standard InChI is InChI=1S/C19H14Cl2FIN4O/c1-19(8-10-2-4-11(24)5-3-10)17(28)26(18-25-9-15(23)27(18)19)12-6-13(20)16(22)14(21)7-12/h2-7,9H,8,24H2,1H3/t19-/m1/s1. The molecule has 0 aliphatic carbocycles. The van der Waals surface area contributed by atoms with E-state index in [1.54, 1.807) is 18.3 Å². The average molecular weight is 531 g/mol. The van der Waals surface area contributed by atoms with Crippen LogP contribution >= 0.6 is 45.8 Å². The van der Waals surface area contributed by atoms with Gasteiger partial charge in [0.25, 0.3) is 5.91 Å². The van der Waals surface area contributed by atoms with E-state index in [9.17, 15) is 9.18 Å². The summed E-state index contributed by atoms with van der Waals surface area (Å²) in [5.74, 6) is -0.489. The maximum absolute atomic E-state index is 13.9. The van der Waals surface area contributed by atoms with Crippen molar-refractivity contribution in [3.05, 3.63) is 67.7 Å². The van der Waals surface area contributed by atoms with Gasteiger partial charge in [-0.3, -0.25) is 9.36 Å². The molecule has 0 saturated carbocycles. The van der Waals surface area contributed by atoms with Crippen LogP contribution < -0.4 is 10.6 Å². The molecule has 9 heteroatoms. The van der Waals surface area contributed by atoms with Crippen molar-refractivity contribution in [1.29, 1.82) is 0 Å². The highest BCUT2D eigenvalue weighted by atomic mass is 127. The molecule has 0 radical (unpaired) electrons. The number of rotatable bonds is 3. The number of nitrogens with zero attached hydrogens (tertiary/aromatic N) is 3. The molecule has 3 aromatic rings. The number of amides is 1. The van der Waals surface area contributed by atoms with Gasteiger partial charge in [-0.05, 0) is 59.3 Å². The lowest BCUT2D eigenvalue weighted by molar-refractivity contribution is -0.124. The molecule has 2 N–H and O–H groups in total. The number of fused-ring (bicyclic) bond motifs is 1. The Morgan fingerprint density at radius 1 is 1.21 bits per heavy atom. The first kappa shape index (κ1) is 19.5. The predicted molar refractivity (Wildman–Crippen MR) is 117 cm³/mol. The van der Waals surface area contributed by atoms with Crippen LogP contribution in [0.4, 0.5) is 21.7 Å². The van der Waals surface area contributed by atoms with Crippen LogP contribution in [0.2, 0.25) is 10.0 Å². The van der Waals surface area contributed by atoms with Gasteiger partial charge in [0.1, 0.15) is 9.24 Å². The molecular formula is C19H14Cl2FIN4O. The molecule has 1 aliphatic heterocycles. The third-order valence-electron chi connectivity index (χ3n) is 4.81. The van der Waals surface area contributed by atoms with Gasteiger partial charge >= 0.3 is 0 Å². The lowest BCUT2D eigenvalue weighted by Gasteiger charge is -2.26.